The third-order valence-corrected chi connectivity index (χ3v) is 12.3. The van der Waals surface area contributed by atoms with Crippen molar-refractivity contribution in [3.8, 4) is 27.9 Å². The molecule has 0 radical (unpaired) electrons. The SMILES string of the molecule is c1ccc(N(c2ccc3c(c2)c2ccccc2n3-c2ccccc2)c2cccc3c(-c4cccc5ccccc45)c4ccccc4c(-c4cccc5ccccc45)c23)cc1. The number of hydrogen-bond donors (Lipinski definition) is 0. The van der Waals surface area contributed by atoms with Crippen LogP contribution in [0.25, 0.3) is 92.8 Å². The minimum atomic E-state index is 1.10. The molecule has 1 heterocycles. The van der Waals surface area contributed by atoms with Gasteiger partial charge in [-0.1, -0.05) is 176 Å². The molecule has 60 heavy (non-hydrogen) atoms. The van der Waals surface area contributed by atoms with Crippen molar-refractivity contribution in [1.29, 1.82) is 0 Å². The average Bonchev–Trinajstić information content (AvgIpc) is 3.65. The van der Waals surface area contributed by atoms with Crippen molar-refractivity contribution in [2.24, 2.45) is 0 Å². The summed E-state index contributed by atoms with van der Waals surface area (Å²) in [4.78, 5) is 2.48. The van der Waals surface area contributed by atoms with Crippen molar-refractivity contribution >= 4 is 82.0 Å². The molecule has 0 aliphatic rings. The van der Waals surface area contributed by atoms with Crippen LogP contribution in [0.4, 0.5) is 17.1 Å². The van der Waals surface area contributed by atoms with Crippen molar-refractivity contribution < 1.29 is 0 Å². The second kappa shape index (κ2) is 13.9. The molecule has 1 aromatic heterocycles. The zero-order valence-corrected chi connectivity index (χ0v) is 32.8. The van der Waals surface area contributed by atoms with Gasteiger partial charge in [0.05, 0.1) is 16.7 Å². The smallest absolute Gasteiger partial charge is 0.0546 e. The van der Waals surface area contributed by atoms with E-state index in [9.17, 15) is 0 Å². The summed E-state index contributed by atoms with van der Waals surface area (Å²) in [5, 5.41) is 12.3. The fourth-order valence-electron chi connectivity index (χ4n) is 9.81. The van der Waals surface area contributed by atoms with E-state index < -0.39 is 0 Å². The van der Waals surface area contributed by atoms with Gasteiger partial charge in [-0.25, -0.2) is 0 Å². The van der Waals surface area contributed by atoms with Crippen LogP contribution in [0.3, 0.4) is 0 Å². The number of benzene rings is 11. The standard InChI is InChI=1S/C58H38N2/c1-3-22-41(23-4-1)59(43-36-37-54-52(38-43)46-28-13-14-34-53(46)60(54)42-24-5-2-6-25-42)55-35-17-33-51-56(47-31-15-20-39-18-7-9-26-44(39)47)49-29-11-12-30-50(49)57(58(51)55)48-32-16-21-40-19-8-10-27-45(40)48/h1-38H. The monoisotopic (exact) mass is 762 g/mol. The second-order valence-electron chi connectivity index (χ2n) is 15.6. The van der Waals surface area contributed by atoms with E-state index in [0.717, 1.165) is 22.7 Å². The number of para-hydroxylation sites is 3. The zero-order valence-electron chi connectivity index (χ0n) is 32.8. The lowest BCUT2D eigenvalue weighted by molar-refractivity contribution is 1.18. The molecule has 0 saturated heterocycles. The average molecular weight is 763 g/mol. The van der Waals surface area contributed by atoms with Crippen molar-refractivity contribution in [1.82, 2.24) is 4.57 Å². The molecule has 0 N–H and O–H groups in total. The molecule has 0 unspecified atom stereocenters. The van der Waals surface area contributed by atoms with E-state index in [4.69, 9.17) is 0 Å². The highest BCUT2D eigenvalue weighted by Gasteiger charge is 2.25. The Kier molecular flexibility index (Phi) is 7.89. The van der Waals surface area contributed by atoms with Gasteiger partial charge in [-0.15, -0.1) is 0 Å². The van der Waals surface area contributed by atoms with Crippen molar-refractivity contribution in [3.63, 3.8) is 0 Å². The first-order chi connectivity index (χ1) is 29.8. The second-order valence-corrected chi connectivity index (χ2v) is 15.6. The first-order valence-corrected chi connectivity index (χ1v) is 20.7. The van der Waals surface area contributed by atoms with Gasteiger partial charge in [-0.3, -0.25) is 0 Å². The summed E-state index contributed by atoms with van der Waals surface area (Å²) >= 11 is 0. The van der Waals surface area contributed by atoms with Crippen LogP contribution in [0.2, 0.25) is 0 Å². The molecule has 12 aromatic rings. The van der Waals surface area contributed by atoms with Crippen LogP contribution in [-0.2, 0) is 0 Å². The number of rotatable bonds is 6. The van der Waals surface area contributed by atoms with Crippen LogP contribution in [-0.4, -0.2) is 4.57 Å². The lowest BCUT2D eigenvalue weighted by atomic mass is 9.83. The van der Waals surface area contributed by atoms with Gasteiger partial charge in [-0.2, -0.15) is 0 Å². The molecule has 0 bridgehead atoms. The molecule has 0 atom stereocenters. The maximum Gasteiger partial charge on any atom is 0.0546 e. The topological polar surface area (TPSA) is 8.17 Å². The summed E-state index contributed by atoms with van der Waals surface area (Å²) in [6, 6.07) is 84.4. The molecule has 2 heteroatoms. The Morgan fingerprint density at radius 3 is 1.50 bits per heavy atom. The Morgan fingerprint density at radius 2 is 0.800 bits per heavy atom. The largest absolute Gasteiger partial charge is 0.310 e. The Labute approximate surface area is 348 Å². The Balaban J connectivity index is 1.24. The highest BCUT2D eigenvalue weighted by atomic mass is 15.1. The van der Waals surface area contributed by atoms with E-state index in [-0.39, 0.29) is 0 Å². The van der Waals surface area contributed by atoms with Crippen molar-refractivity contribution in [2.75, 3.05) is 4.90 Å². The number of fused-ring (bicyclic) bond motifs is 7. The highest BCUT2D eigenvalue weighted by molar-refractivity contribution is 6.28. The molecule has 11 aromatic carbocycles. The summed E-state index contributed by atoms with van der Waals surface area (Å²) < 4.78 is 2.39. The predicted octanol–water partition coefficient (Wildman–Crippen LogP) is 16.2. The van der Waals surface area contributed by atoms with E-state index in [1.54, 1.807) is 0 Å². The molecule has 0 aliphatic carbocycles. The highest BCUT2D eigenvalue weighted by Crippen LogP contribution is 2.51. The molecular weight excluding hydrogens is 725 g/mol. The van der Waals surface area contributed by atoms with Crippen LogP contribution in [0.1, 0.15) is 0 Å². The minimum absolute atomic E-state index is 1.10. The fraction of sp³-hybridized carbons (Fsp3) is 0. The van der Waals surface area contributed by atoms with Crippen molar-refractivity contribution in [3.05, 3.63) is 231 Å². The van der Waals surface area contributed by atoms with Gasteiger partial charge in [0.2, 0.25) is 0 Å². The lowest BCUT2D eigenvalue weighted by Crippen LogP contribution is -2.11. The van der Waals surface area contributed by atoms with Gasteiger partial charge in [0, 0.05) is 38.8 Å². The number of nitrogens with zero attached hydrogens (tertiary/aromatic N) is 2. The van der Waals surface area contributed by atoms with E-state index in [1.807, 2.05) is 0 Å². The van der Waals surface area contributed by atoms with Crippen LogP contribution in [0.5, 0.6) is 0 Å². The van der Waals surface area contributed by atoms with Gasteiger partial charge in [-0.05, 0) is 109 Å². The van der Waals surface area contributed by atoms with Crippen LogP contribution < -0.4 is 4.90 Å². The van der Waals surface area contributed by atoms with Crippen molar-refractivity contribution in [2.45, 2.75) is 0 Å². The molecular formula is C58H38N2. The molecule has 12 rings (SSSR count). The van der Waals surface area contributed by atoms with E-state index in [1.165, 1.54) is 87.1 Å². The predicted molar refractivity (Wildman–Crippen MR) is 256 cm³/mol. The number of hydrogen-bond acceptors (Lipinski definition) is 1. The summed E-state index contributed by atoms with van der Waals surface area (Å²) in [6.07, 6.45) is 0. The normalized spacial score (nSPS) is 11.7. The molecule has 280 valence electrons. The zero-order chi connectivity index (χ0) is 39.6. The van der Waals surface area contributed by atoms with Gasteiger partial charge in [0.25, 0.3) is 0 Å². The third-order valence-electron chi connectivity index (χ3n) is 12.3. The number of anilines is 3. The molecule has 0 spiro atoms. The van der Waals surface area contributed by atoms with Crippen LogP contribution >= 0.6 is 0 Å². The summed E-state index contributed by atoms with van der Waals surface area (Å²) in [5.74, 6) is 0. The first kappa shape index (κ1) is 34.1. The molecule has 0 fully saturated rings. The van der Waals surface area contributed by atoms with Crippen LogP contribution in [0.15, 0.2) is 231 Å². The van der Waals surface area contributed by atoms with E-state index in [0.29, 0.717) is 0 Å². The van der Waals surface area contributed by atoms with Gasteiger partial charge in [0.15, 0.2) is 0 Å². The summed E-state index contributed by atoms with van der Waals surface area (Å²) in [6.45, 7) is 0. The maximum atomic E-state index is 2.48. The quantitative estimate of drug-likeness (QED) is 0.153. The number of aromatic nitrogens is 1. The van der Waals surface area contributed by atoms with Gasteiger partial charge in [0.1, 0.15) is 0 Å². The summed E-state index contributed by atoms with van der Waals surface area (Å²) in [7, 11) is 0. The fourth-order valence-corrected chi connectivity index (χ4v) is 9.81. The maximum absolute atomic E-state index is 2.48. The third kappa shape index (κ3) is 5.28. The molecule has 0 saturated carbocycles. The first-order valence-electron chi connectivity index (χ1n) is 20.7. The molecule has 0 aliphatic heterocycles. The van der Waals surface area contributed by atoms with E-state index >= 15 is 0 Å². The Hall–Kier alpha value is -7.94. The van der Waals surface area contributed by atoms with Gasteiger partial charge >= 0.3 is 0 Å². The summed E-state index contributed by atoms with van der Waals surface area (Å²) in [5.41, 5.74) is 11.8. The Morgan fingerprint density at radius 1 is 0.300 bits per heavy atom. The minimum Gasteiger partial charge on any atom is -0.310 e. The lowest BCUT2D eigenvalue weighted by Gasteiger charge is -2.29. The van der Waals surface area contributed by atoms with Gasteiger partial charge < -0.3 is 9.47 Å². The Bertz CT molecular complexity index is 3590. The molecule has 0 amide bonds. The molecule has 2 nitrogen and oxygen atoms in total. The van der Waals surface area contributed by atoms with Crippen LogP contribution in [0, 0.1) is 0 Å². The van der Waals surface area contributed by atoms with E-state index in [2.05, 4.69) is 240 Å².